The number of aliphatic hydroxyl groups excluding tert-OH is 2. The molecule has 0 spiro atoms. The molecule has 3 atom stereocenters. The molecular formula is C17H20BrN3O5. The summed E-state index contributed by atoms with van der Waals surface area (Å²) in [7, 11) is 0. The number of hydrogen-bond acceptors (Lipinski definition) is 5. The molecular weight excluding hydrogens is 406 g/mol. The SMILES string of the molecule is NC(=O)CCNC(=O)C1=CC(NC(=O)c2ccccc2Br)C(O)C(O)C1. The number of rotatable bonds is 6. The van der Waals surface area contributed by atoms with Crippen molar-refractivity contribution in [1.29, 1.82) is 0 Å². The molecule has 2 rings (SSSR count). The van der Waals surface area contributed by atoms with Crippen LogP contribution in [0.5, 0.6) is 0 Å². The van der Waals surface area contributed by atoms with Crippen molar-refractivity contribution in [3.63, 3.8) is 0 Å². The quantitative estimate of drug-likeness (QED) is 0.421. The maximum absolute atomic E-state index is 12.4. The Morgan fingerprint density at radius 1 is 1.19 bits per heavy atom. The van der Waals surface area contributed by atoms with Crippen LogP contribution in [0, 0.1) is 0 Å². The fourth-order valence-electron chi connectivity index (χ4n) is 2.55. The average molecular weight is 426 g/mol. The zero-order valence-electron chi connectivity index (χ0n) is 13.8. The number of nitrogens with two attached hydrogens (primary N) is 1. The average Bonchev–Trinajstić information content (AvgIpc) is 2.58. The maximum Gasteiger partial charge on any atom is 0.252 e. The summed E-state index contributed by atoms with van der Waals surface area (Å²) in [5.74, 6) is -1.49. The molecule has 0 fully saturated rings. The summed E-state index contributed by atoms with van der Waals surface area (Å²) in [5, 5.41) is 25.3. The summed E-state index contributed by atoms with van der Waals surface area (Å²) < 4.78 is 0.580. The number of halogens is 1. The predicted molar refractivity (Wildman–Crippen MR) is 96.9 cm³/mol. The van der Waals surface area contributed by atoms with Gasteiger partial charge in [0.1, 0.15) is 6.10 Å². The summed E-state index contributed by atoms with van der Waals surface area (Å²) in [6.45, 7) is 0.0676. The van der Waals surface area contributed by atoms with Crippen molar-refractivity contribution in [3.05, 3.63) is 46.0 Å². The molecule has 9 heteroatoms. The van der Waals surface area contributed by atoms with Gasteiger partial charge in [0.2, 0.25) is 11.8 Å². The predicted octanol–water partition coefficient (Wildman–Crippen LogP) is -0.409. The van der Waals surface area contributed by atoms with Gasteiger partial charge in [-0.25, -0.2) is 0 Å². The largest absolute Gasteiger partial charge is 0.390 e. The molecule has 3 unspecified atom stereocenters. The second kappa shape index (κ2) is 8.93. The Bertz CT molecular complexity index is 737. The number of aliphatic hydroxyl groups is 2. The summed E-state index contributed by atoms with van der Waals surface area (Å²) >= 11 is 3.27. The summed E-state index contributed by atoms with van der Waals surface area (Å²) in [5.41, 5.74) is 5.59. The van der Waals surface area contributed by atoms with E-state index >= 15 is 0 Å². The van der Waals surface area contributed by atoms with E-state index in [2.05, 4.69) is 26.6 Å². The number of primary amides is 1. The molecule has 1 aromatic rings. The van der Waals surface area contributed by atoms with E-state index in [9.17, 15) is 24.6 Å². The van der Waals surface area contributed by atoms with E-state index in [4.69, 9.17) is 5.73 Å². The molecule has 0 saturated carbocycles. The molecule has 6 N–H and O–H groups in total. The van der Waals surface area contributed by atoms with Gasteiger partial charge in [-0.05, 0) is 28.1 Å². The number of nitrogens with one attached hydrogen (secondary N) is 2. The Kier molecular flexibility index (Phi) is 6.90. The van der Waals surface area contributed by atoms with Crippen LogP contribution in [0.2, 0.25) is 0 Å². The van der Waals surface area contributed by atoms with Crippen LogP contribution in [0.15, 0.2) is 40.4 Å². The highest BCUT2D eigenvalue weighted by molar-refractivity contribution is 9.10. The minimum absolute atomic E-state index is 0.00754. The molecule has 1 aromatic carbocycles. The first-order valence-corrected chi connectivity index (χ1v) is 8.77. The van der Waals surface area contributed by atoms with Crippen LogP contribution in [0.4, 0.5) is 0 Å². The number of amides is 3. The van der Waals surface area contributed by atoms with Gasteiger partial charge in [0, 0.05) is 29.4 Å². The van der Waals surface area contributed by atoms with E-state index in [1.165, 1.54) is 6.08 Å². The Balaban J connectivity index is 2.10. The summed E-state index contributed by atoms with van der Waals surface area (Å²) in [6.07, 6.45) is -1.12. The smallest absolute Gasteiger partial charge is 0.252 e. The van der Waals surface area contributed by atoms with Crippen LogP contribution in [0.1, 0.15) is 23.2 Å². The van der Waals surface area contributed by atoms with Crippen LogP contribution in [0.25, 0.3) is 0 Å². The van der Waals surface area contributed by atoms with E-state index in [0.717, 1.165) is 0 Å². The molecule has 140 valence electrons. The van der Waals surface area contributed by atoms with E-state index < -0.39 is 36.0 Å². The van der Waals surface area contributed by atoms with Gasteiger partial charge in [-0.2, -0.15) is 0 Å². The first-order chi connectivity index (χ1) is 12.3. The molecule has 0 bridgehead atoms. The van der Waals surface area contributed by atoms with Crippen molar-refractivity contribution < 1.29 is 24.6 Å². The topological polar surface area (TPSA) is 142 Å². The normalized spacial score (nSPS) is 22.3. The third kappa shape index (κ3) is 5.13. The molecule has 1 aliphatic carbocycles. The van der Waals surface area contributed by atoms with Crippen molar-refractivity contribution >= 4 is 33.7 Å². The van der Waals surface area contributed by atoms with Crippen LogP contribution < -0.4 is 16.4 Å². The van der Waals surface area contributed by atoms with Gasteiger partial charge < -0.3 is 26.6 Å². The zero-order chi connectivity index (χ0) is 19.3. The van der Waals surface area contributed by atoms with E-state index in [1.807, 2.05) is 0 Å². The lowest BCUT2D eigenvalue weighted by molar-refractivity contribution is -0.119. The fourth-order valence-corrected chi connectivity index (χ4v) is 3.02. The van der Waals surface area contributed by atoms with Crippen molar-refractivity contribution in [3.8, 4) is 0 Å². The Labute approximate surface area is 158 Å². The Morgan fingerprint density at radius 2 is 1.88 bits per heavy atom. The third-order valence-electron chi connectivity index (χ3n) is 3.94. The second-order valence-electron chi connectivity index (χ2n) is 5.91. The molecule has 26 heavy (non-hydrogen) atoms. The molecule has 0 saturated heterocycles. The molecule has 3 amide bonds. The standard InChI is InChI=1S/C17H20BrN3O5/c18-11-4-2-1-3-10(11)17(26)21-12-7-9(8-13(22)15(12)24)16(25)20-6-5-14(19)23/h1-4,7,12-13,15,22,24H,5-6,8H2,(H2,19,23)(H,20,25)(H,21,26). The van der Waals surface area contributed by atoms with Gasteiger partial charge >= 0.3 is 0 Å². The van der Waals surface area contributed by atoms with Crippen molar-refractivity contribution in [1.82, 2.24) is 10.6 Å². The highest BCUT2D eigenvalue weighted by atomic mass is 79.9. The van der Waals surface area contributed by atoms with Crippen LogP contribution >= 0.6 is 15.9 Å². The molecule has 0 radical (unpaired) electrons. The molecule has 8 nitrogen and oxygen atoms in total. The Hall–Kier alpha value is -2.23. The van der Waals surface area contributed by atoms with Crippen molar-refractivity contribution in [2.45, 2.75) is 31.1 Å². The number of carbonyl (C=O) groups excluding carboxylic acids is 3. The molecule has 0 aliphatic heterocycles. The summed E-state index contributed by atoms with van der Waals surface area (Å²) in [4.78, 5) is 35.3. The maximum atomic E-state index is 12.4. The van der Waals surface area contributed by atoms with Gasteiger partial charge in [0.25, 0.3) is 5.91 Å². The van der Waals surface area contributed by atoms with Gasteiger partial charge in [0.15, 0.2) is 0 Å². The highest BCUT2D eigenvalue weighted by Gasteiger charge is 2.33. The lowest BCUT2D eigenvalue weighted by atomic mass is 9.90. The van der Waals surface area contributed by atoms with Crippen LogP contribution in [-0.4, -0.2) is 52.7 Å². The molecule has 1 aliphatic rings. The first kappa shape index (κ1) is 20.1. The van der Waals surface area contributed by atoms with Crippen LogP contribution in [0.3, 0.4) is 0 Å². The minimum atomic E-state index is -1.25. The number of carbonyl (C=O) groups is 3. The third-order valence-corrected chi connectivity index (χ3v) is 4.63. The lowest BCUT2D eigenvalue weighted by Crippen LogP contribution is -2.51. The molecule has 0 heterocycles. The van der Waals surface area contributed by atoms with Gasteiger partial charge in [-0.1, -0.05) is 18.2 Å². The monoisotopic (exact) mass is 425 g/mol. The number of benzene rings is 1. The molecule has 0 aromatic heterocycles. The van der Waals surface area contributed by atoms with Gasteiger partial charge in [-0.15, -0.1) is 0 Å². The van der Waals surface area contributed by atoms with Crippen LogP contribution in [-0.2, 0) is 9.59 Å². The number of hydrogen-bond donors (Lipinski definition) is 5. The minimum Gasteiger partial charge on any atom is -0.390 e. The van der Waals surface area contributed by atoms with E-state index in [-0.39, 0.29) is 25.0 Å². The Morgan fingerprint density at radius 3 is 2.54 bits per heavy atom. The van der Waals surface area contributed by atoms with E-state index in [0.29, 0.717) is 10.0 Å². The summed E-state index contributed by atoms with van der Waals surface area (Å²) in [6, 6.07) is 5.82. The van der Waals surface area contributed by atoms with Gasteiger partial charge in [0.05, 0.1) is 17.7 Å². The zero-order valence-corrected chi connectivity index (χ0v) is 15.4. The van der Waals surface area contributed by atoms with E-state index in [1.54, 1.807) is 24.3 Å². The fraction of sp³-hybridized carbons (Fsp3) is 0.353. The van der Waals surface area contributed by atoms with Crippen molar-refractivity contribution in [2.75, 3.05) is 6.54 Å². The van der Waals surface area contributed by atoms with Gasteiger partial charge in [-0.3, -0.25) is 14.4 Å². The second-order valence-corrected chi connectivity index (χ2v) is 6.76. The van der Waals surface area contributed by atoms with Crippen molar-refractivity contribution in [2.24, 2.45) is 5.73 Å². The highest BCUT2D eigenvalue weighted by Crippen LogP contribution is 2.21. The first-order valence-electron chi connectivity index (χ1n) is 7.98. The lowest BCUT2D eigenvalue weighted by Gasteiger charge is -2.31.